The van der Waals surface area contributed by atoms with Gasteiger partial charge in [-0.1, -0.05) is 6.07 Å². The van der Waals surface area contributed by atoms with Crippen LogP contribution in [0, 0.1) is 5.82 Å². The van der Waals surface area contributed by atoms with E-state index in [0.717, 1.165) is 5.56 Å². The number of pyridine rings is 1. The second-order valence-corrected chi connectivity index (χ2v) is 11.2. The van der Waals surface area contributed by atoms with Crippen molar-refractivity contribution in [3.8, 4) is 17.0 Å². The number of aromatic nitrogens is 4. The van der Waals surface area contributed by atoms with Gasteiger partial charge < -0.3 is 19.8 Å². The number of rotatable bonds is 4. The summed E-state index contributed by atoms with van der Waals surface area (Å²) in [6.45, 7) is -1.49. The highest BCUT2D eigenvalue weighted by molar-refractivity contribution is 5.98. The van der Waals surface area contributed by atoms with Crippen molar-refractivity contribution in [1.82, 2.24) is 24.5 Å². The molecule has 12 heteroatoms. The number of benzene rings is 1. The van der Waals surface area contributed by atoms with Crippen molar-refractivity contribution in [3.05, 3.63) is 76.8 Å². The average molecular weight is 552 g/mol. The van der Waals surface area contributed by atoms with Crippen LogP contribution in [-0.4, -0.2) is 59.9 Å². The highest BCUT2D eigenvalue weighted by atomic mass is 19.3. The number of ether oxygens (including phenoxy) is 1. The third kappa shape index (κ3) is 3.55. The molecule has 2 unspecified atom stereocenters. The van der Waals surface area contributed by atoms with E-state index in [1.54, 1.807) is 35.5 Å². The molecule has 1 fully saturated rings. The molecule has 40 heavy (non-hydrogen) atoms. The smallest absolute Gasteiger partial charge is 0.387 e. The maximum absolute atomic E-state index is 15.1. The van der Waals surface area contributed by atoms with Gasteiger partial charge in [0.2, 0.25) is 0 Å². The van der Waals surface area contributed by atoms with Crippen molar-refractivity contribution in [1.29, 1.82) is 0 Å². The van der Waals surface area contributed by atoms with E-state index < -0.39 is 29.5 Å². The summed E-state index contributed by atoms with van der Waals surface area (Å²) in [5, 5.41) is 25.4. The molecule has 4 heterocycles. The fourth-order valence-electron chi connectivity index (χ4n) is 6.73. The standard InChI is InChI=1S/C28H24F3N5O4/c1-27(38)10-28(39,11-27)24-16(29)6-13(9-32-24)17-8-18-22-15-7-19(23(22)34-36(18)12-33-17)35(2)25(37)14-4-3-5-20(21(14)15)40-26(30)31/h3-6,8-9,12,15,19,26,38-39H,7,10-11H2,1-2H3. The topological polar surface area (TPSA) is 113 Å². The fourth-order valence-corrected chi connectivity index (χ4v) is 6.73. The number of halogens is 3. The number of fused-ring (bicyclic) bond motifs is 9. The van der Waals surface area contributed by atoms with Crippen molar-refractivity contribution < 1.29 is 32.9 Å². The number of alkyl halides is 2. The Kier molecular flexibility index (Phi) is 5.15. The molecule has 2 atom stereocenters. The minimum Gasteiger partial charge on any atom is -0.434 e. The highest BCUT2D eigenvalue weighted by Gasteiger charge is 2.53. The van der Waals surface area contributed by atoms with Crippen LogP contribution < -0.4 is 4.74 Å². The first-order chi connectivity index (χ1) is 19.0. The molecule has 1 amide bonds. The van der Waals surface area contributed by atoms with E-state index >= 15 is 4.39 Å². The molecule has 7 rings (SSSR count). The summed E-state index contributed by atoms with van der Waals surface area (Å²) < 4.78 is 48.2. The Hall–Kier alpha value is -4.03. The van der Waals surface area contributed by atoms with Gasteiger partial charge in [0.15, 0.2) is 0 Å². The number of nitrogens with zero attached hydrogens (tertiary/aromatic N) is 5. The fraction of sp³-hybridized carbons (Fsp3) is 0.357. The summed E-state index contributed by atoms with van der Waals surface area (Å²) in [6, 6.07) is 7.13. The largest absolute Gasteiger partial charge is 0.434 e. The predicted octanol–water partition coefficient (Wildman–Crippen LogP) is 3.93. The normalized spacial score (nSPS) is 27.0. The SMILES string of the molecule is CN1C(=O)c2cccc(OC(F)F)c2C2CC1c1nn3cnc(-c4cnc(C5(O)CC(C)(O)C5)c(F)c4)cc3c12. The summed E-state index contributed by atoms with van der Waals surface area (Å²) in [5.74, 6) is -1.54. The molecule has 3 aromatic heterocycles. The maximum Gasteiger partial charge on any atom is 0.387 e. The zero-order valence-corrected chi connectivity index (χ0v) is 21.5. The van der Waals surface area contributed by atoms with Crippen LogP contribution in [-0.2, 0) is 5.60 Å². The number of amides is 1. The Bertz CT molecular complexity index is 1710. The molecule has 206 valence electrons. The molecule has 4 aromatic rings. The van der Waals surface area contributed by atoms with Gasteiger partial charge in [0, 0.05) is 54.3 Å². The first kappa shape index (κ1) is 25.0. The lowest BCUT2D eigenvalue weighted by molar-refractivity contribution is -0.179. The van der Waals surface area contributed by atoms with Gasteiger partial charge in [-0.15, -0.1) is 0 Å². The number of hydrogen-bond acceptors (Lipinski definition) is 7. The third-order valence-electron chi connectivity index (χ3n) is 8.29. The van der Waals surface area contributed by atoms with Crippen LogP contribution in [0.3, 0.4) is 0 Å². The van der Waals surface area contributed by atoms with Crippen molar-refractivity contribution in [2.45, 2.75) is 56.0 Å². The zero-order valence-electron chi connectivity index (χ0n) is 21.5. The summed E-state index contributed by atoms with van der Waals surface area (Å²) in [6.07, 6.45) is 3.29. The molecule has 1 aliphatic heterocycles. The summed E-state index contributed by atoms with van der Waals surface area (Å²) in [7, 11) is 1.66. The minimum atomic E-state index is -3.06. The van der Waals surface area contributed by atoms with E-state index in [1.165, 1.54) is 30.7 Å². The zero-order chi connectivity index (χ0) is 28.1. The Morgan fingerprint density at radius 1 is 1.15 bits per heavy atom. The lowest BCUT2D eigenvalue weighted by Gasteiger charge is -2.47. The molecular formula is C28H24F3N5O4. The van der Waals surface area contributed by atoms with Gasteiger partial charge in [-0.05, 0) is 37.6 Å². The Morgan fingerprint density at radius 3 is 2.62 bits per heavy atom. The molecule has 1 aromatic carbocycles. The van der Waals surface area contributed by atoms with E-state index in [0.29, 0.717) is 40.0 Å². The summed E-state index contributed by atoms with van der Waals surface area (Å²) in [4.78, 5) is 23.4. The van der Waals surface area contributed by atoms with E-state index in [9.17, 15) is 23.8 Å². The number of aliphatic hydroxyl groups is 2. The van der Waals surface area contributed by atoms with E-state index in [4.69, 9.17) is 4.74 Å². The van der Waals surface area contributed by atoms with Crippen molar-refractivity contribution in [3.63, 3.8) is 0 Å². The highest BCUT2D eigenvalue weighted by Crippen LogP contribution is 2.53. The molecule has 2 aliphatic carbocycles. The van der Waals surface area contributed by atoms with E-state index in [1.807, 2.05) is 0 Å². The molecule has 9 nitrogen and oxygen atoms in total. The lowest BCUT2D eigenvalue weighted by atomic mass is 9.66. The van der Waals surface area contributed by atoms with Crippen molar-refractivity contribution >= 4 is 11.4 Å². The van der Waals surface area contributed by atoms with Crippen LogP contribution in [0.5, 0.6) is 5.75 Å². The Balaban J connectivity index is 1.34. The third-order valence-corrected chi connectivity index (χ3v) is 8.29. The van der Waals surface area contributed by atoms with Gasteiger partial charge in [-0.3, -0.25) is 9.78 Å². The predicted molar refractivity (Wildman–Crippen MR) is 134 cm³/mol. The average Bonchev–Trinajstić information content (AvgIpc) is 3.40. The molecule has 0 spiro atoms. The molecule has 0 saturated heterocycles. The molecule has 3 aliphatic rings. The molecule has 0 radical (unpaired) electrons. The summed E-state index contributed by atoms with van der Waals surface area (Å²) in [5.41, 5.74) is 0.708. The van der Waals surface area contributed by atoms with Gasteiger partial charge in [0.05, 0.1) is 28.5 Å². The first-order valence-electron chi connectivity index (χ1n) is 12.8. The molecular weight excluding hydrogens is 527 g/mol. The van der Waals surface area contributed by atoms with Crippen molar-refractivity contribution in [2.75, 3.05) is 7.05 Å². The molecule has 2 N–H and O–H groups in total. The monoisotopic (exact) mass is 551 g/mol. The number of carbonyl (C=O) groups excluding carboxylic acids is 1. The first-order valence-corrected chi connectivity index (χ1v) is 12.8. The molecule has 1 saturated carbocycles. The minimum absolute atomic E-state index is 0.0202. The number of hydrogen-bond donors (Lipinski definition) is 2. The molecule has 2 bridgehead atoms. The lowest BCUT2D eigenvalue weighted by Crippen LogP contribution is -2.53. The number of carbonyl (C=O) groups is 1. The van der Waals surface area contributed by atoms with E-state index in [2.05, 4.69) is 15.1 Å². The van der Waals surface area contributed by atoms with Crippen LogP contribution in [0.2, 0.25) is 0 Å². The van der Waals surface area contributed by atoms with Crippen LogP contribution in [0.25, 0.3) is 16.8 Å². The van der Waals surface area contributed by atoms with Crippen molar-refractivity contribution in [2.24, 2.45) is 0 Å². The maximum atomic E-state index is 15.1. The van der Waals surface area contributed by atoms with Gasteiger partial charge in [0.1, 0.15) is 29.2 Å². The second kappa shape index (κ2) is 8.24. The Morgan fingerprint density at radius 2 is 1.93 bits per heavy atom. The van der Waals surface area contributed by atoms with Gasteiger partial charge >= 0.3 is 6.61 Å². The van der Waals surface area contributed by atoms with Crippen LogP contribution in [0.4, 0.5) is 13.2 Å². The second-order valence-electron chi connectivity index (χ2n) is 11.2. The van der Waals surface area contributed by atoms with Crippen LogP contribution in [0.15, 0.2) is 42.9 Å². The van der Waals surface area contributed by atoms with Crippen LogP contribution in [0.1, 0.15) is 71.0 Å². The van der Waals surface area contributed by atoms with Gasteiger partial charge in [-0.25, -0.2) is 13.9 Å². The van der Waals surface area contributed by atoms with Gasteiger partial charge in [-0.2, -0.15) is 13.9 Å². The van der Waals surface area contributed by atoms with E-state index in [-0.39, 0.29) is 36.2 Å². The van der Waals surface area contributed by atoms with Gasteiger partial charge in [0.25, 0.3) is 5.91 Å². The van der Waals surface area contributed by atoms with Crippen LogP contribution >= 0.6 is 0 Å². The Labute approximate surface area is 225 Å². The summed E-state index contributed by atoms with van der Waals surface area (Å²) >= 11 is 0. The quantitative estimate of drug-likeness (QED) is 0.395.